The van der Waals surface area contributed by atoms with Gasteiger partial charge in [-0.25, -0.2) is 9.99 Å². The maximum atomic E-state index is 14.7. The number of nitrogens with zero attached hydrogens (tertiary/aromatic N) is 7. The fourth-order valence-corrected chi connectivity index (χ4v) is 8.40. The molecule has 0 unspecified atom stereocenters. The molecule has 310 valence electrons. The van der Waals surface area contributed by atoms with Crippen molar-refractivity contribution in [3.8, 4) is 5.75 Å². The number of hydrogen-bond donors (Lipinski definition) is 3. The largest absolute Gasteiger partial charge is 0.495 e. The molecule has 0 spiro atoms. The van der Waals surface area contributed by atoms with Gasteiger partial charge in [0, 0.05) is 83.2 Å². The van der Waals surface area contributed by atoms with Crippen molar-refractivity contribution in [3.63, 3.8) is 0 Å². The summed E-state index contributed by atoms with van der Waals surface area (Å²) in [4.78, 5) is 65.4. The minimum Gasteiger partial charge on any atom is -0.495 e. The number of fused-ring (bicyclic) bond motifs is 1. The average molecular weight is 823 g/mol. The Labute approximate surface area is 341 Å². The standard InChI is InChI=1S/C40H49ClF2N10O5/c1-24(2)53-23-40(42,43)38(57)49(3)32-21-44-39(47-36(32)53)45-30-7-5-27(18-33(30)58-4)37(56)48-52-11-9-25(10-12-52)22-50-13-15-51(16-14-50)31-8-6-26(17-29(31)41)28-19-34(54)46-35(55)20-28/h5-8,17-18,21,24-25,28H,9-16,19-20,22-23H2,1-4H3,(H,48,56)(H,44,45,47)(H,46,54,55). The normalized spacial score (nSPS) is 19.9. The van der Waals surface area contributed by atoms with Crippen LogP contribution in [0.15, 0.2) is 42.6 Å². The van der Waals surface area contributed by atoms with Crippen molar-refractivity contribution < 1.29 is 32.7 Å². The first kappa shape index (κ1) is 41.0. The Morgan fingerprint density at radius 2 is 1.71 bits per heavy atom. The van der Waals surface area contributed by atoms with Gasteiger partial charge in [-0.2, -0.15) is 13.8 Å². The van der Waals surface area contributed by atoms with Crippen molar-refractivity contribution in [2.75, 3.05) is 86.5 Å². The number of piperazine rings is 1. The topological polar surface area (TPSA) is 156 Å². The van der Waals surface area contributed by atoms with Gasteiger partial charge >= 0.3 is 5.92 Å². The molecule has 0 bridgehead atoms. The van der Waals surface area contributed by atoms with E-state index in [2.05, 4.69) is 35.8 Å². The number of amides is 4. The van der Waals surface area contributed by atoms with Gasteiger partial charge in [-0.05, 0) is 68.5 Å². The summed E-state index contributed by atoms with van der Waals surface area (Å²) in [5, 5.41) is 8.01. The first-order valence-electron chi connectivity index (χ1n) is 19.6. The van der Waals surface area contributed by atoms with Crippen LogP contribution in [-0.2, 0) is 14.4 Å². The monoisotopic (exact) mass is 822 g/mol. The van der Waals surface area contributed by atoms with E-state index < -0.39 is 18.4 Å². The minimum atomic E-state index is -3.60. The number of methoxy groups -OCH3 is 1. The fourth-order valence-electron chi connectivity index (χ4n) is 8.09. The molecule has 7 rings (SSSR count). The lowest BCUT2D eigenvalue weighted by molar-refractivity contribution is -0.140. The van der Waals surface area contributed by atoms with Crippen LogP contribution in [0.3, 0.4) is 0 Å². The van der Waals surface area contributed by atoms with E-state index in [0.717, 1.165) is 74.8 Å². The van der Waals surface area contributed by atoms with Crippen molar-refractivity contribution >= 4 is 64.1 Å². The van der Waals surface area contributed by atoms with Crippen molar-refractivity contribution in [2.24, 2.45) is 5.92 Å². The van der Waals surface area contributed by atoms with Gasteiger partial charge in [-0.3, -0.25) is 34.8 Å². The molecule has 3 aromatic rings. The Kier molecular flexibility index (Phi) is 12.0. The molecule has 1 aromatic heterocycles. The number of alkyl halides is 2. The number of carbonyl (C=O) groups is 4. The quantitative estimate of drug-likeness (QED) is 0.248. The predicted octanol–water partition coefficient (Wildman–Crippen LogP) is 4.41. The number of piperidine rings is 2. The van der Waals surface area contributed by atoms with Gasteiger partial charge in [0.25, 0.3) is 11.8 Å². The maximum absolute atomic E-state index is 14.7. The first-order valence-corrected chi connectivity index (χ1v) is 20.0. The lowest BCUT2D eigenvalue weighted by atomic mass is 9.89. The number of aromatic nitrogens is 2. The lowest BCUT2D eigenvalue weighted by Gasteiger charge is -2.40. The molecule has 0 saturated carbocycles. The number of ether oxygens (including phenoxy) is 1. The third kappa shape index (κ3) is 8.95. The Hall–Kier alpha value is -5.13. The van der Waals surface area contributed by atoms with Crippen LogP contribution in [0.25, 0.3) is 0 Å². The Bertz CT molecular complexity index is 2040. The molecule has 2 aromatic carbocycles. The molecule has 0 atom stereocenters. The zero-order valence-corrected chi connectivity index (χ0v) is 33.8. The molecule has 3 fully saturated rings. The summed E-state index contributed by atoms with van der Waals surface area (Å²) in [5.41, 5.74) is 5.93. The second-order valence-corrected chi connectivity index (χ2v) is 16.1. The molecule has 15 nitrogen and oxygen atoms in total. The van der Waals surface area contributed by atoms with Gasteiger partial charge in [0.1, 0.15) is 11.4 Å². The molecule has 18 heteroatoms. The molecule has 0 radical (unpaired) electrons. The third-order valence-electron chi connectivity index (χ3n) is 11.4. The van der Waals surface area contributed by atoms with Crippen molar-refractivity contribution in [3.05, 3.63) is 58.7 Å². The van der Waals surface area contributed by atoms with Crippen LogP contribution in [0.5, 0.6) is 5.75 Å². The second kappa shape index (κ2) is 17.0. The minimum absolute atomic E-state index is 0.110. The van der Waals surface area contributed by atoms with E-state index in [-0.39, 0.29) is 60.0 Å². The third-order valence-corrected chi connectivity index (χ3v) is 11.7. The lowest BCUT2D eigenvalue weighted by Crippen LogP contribution is -2.51. The molecule has 4 aliphatic rings. The van der Waals surface area contributed by atoms with E-state index in [1.165, 1.54) is 25.3 Å². The Morgan fingerprint density at radius 3 is 2.36 bits per heavy atom. The van der Waals surface area contributed by atoms with Gasteiger partial charge in [0.15, 0.2) is 5.82 Å². The average Bonchev–Trinajstić information content (AvgIpc) is 3.27. The van der Waals surface area contributed by atoms with Crippen molar-refractivity contribution in [1.29, 1.82) is 0 Å². The molecule has 3 N–H and O–H groups in total. The van der Waals surface area contributed by atoms with E-state index in [1.54, 1.807) is 32.0 Å². The smallest absolute Gasteiger partial charge is 0.342 e. The molecule has 5 heterocycles. The van der Waals surface area contributed by atoms with Crippen LogP contribution in [0.2, 0.25) is 5.02 Å². The summed E-state index contributed by atoms with van der Waals surface area (Å²) >= 11 is 6.72. The van der Waals surface area contributed by atoms with E-state index in [0.29, 0.717) is 27.9 Å². The number of carbonyl (C=O) groups excluding carboxylic acids is 4. The van der Waals surface area contributed by atoms with Crippen molar-refractivity contribution in [1.82, 2.24) is 30.6 Å². The molecule has 0 aliphatic carbocycles. The number of nitrogens with one attached hydrogen (secondary N) is 3. The van der Waals surface area contributed by atoms with E-state index >= 15 is 0 Å². The highest BCUT2D eigenvalue weighted by Gasteiger charge is 2.47. The fraction of sp³-hybridized carbons (Fsp3) is 0.500. The van der Waals surface area contributed by atoms with Crippen LogP contribution in [0, 0.1) is 5.92 Å². The number of imide groups is 1. The number of anilines is 5. The molecule has 4 amide bonds. The Balaban J connectivity index is 0.889. The SMILES string of the molecule is COc1cc(C(=O)NN2CCC(CN3CCN(c4ccc(C5CC(=O)NC(=O)C5)cc4Cl)CC3)CC2)ccc1Nc1ncc2c(n1)N(C(C)C)CC(F)(F)C(=O)N2C. The van der Waals surface area contributed by atoms with E-state index in [9.17, 15) is 28.0 Å². The summed E-state index contributed by atoms with van der Waals surface area (Å²) in [7, 11) is 2.76. The molecular weight excluding hydrogens is 774 g/mol. The van der Waals surface area contributed by atoms with Crippen LogP contribution >= 0.6 is 11.6 Å². The van der Waals surface area contributed by atoms with Gasteiger partial charge in [-0.1, -0.05) is 17.7 Å². The van der Waals surface area contributed by atoms with Gasteiger partial charge in [-0.15, -0.1) is 0 Å². The van der Waals surface area contributed by atoms with Gasteiger partial charge in [0.05, 0.1) is 36.2 Å². The summed E-state index contributed by atoms with van der Waals surface area (Å²) in [6, 6.07) is 10.4. The molecule has 3 saturated heterocycles. The molecule has 58 heavy (non-hydrogen) atoms. The maximum Gasteiger partial charge on any atom is 0.342 e. The zero-order chi connectivity index (χ0) is 41.3. The highest BCUT2D eigenvalue weighted by molar-refractivity contribution is 6.33. The van der Waals surface area contributed by atoms with Crippen LogP contribution in [-0.4, -0.2) is 122 Å². The number of halogens is 3. The predicted molar refractivity (Wildman–Crippen MR) is 216 cm³/mol. The number of hydrazine groups is 1. The van der Waals surface area contributed by atoms with Crippen molar-refractivity contribution in [2.45, 2.75) is 57.4 Å². The summed E-state index contributed by atoms with van der Waals surface area (Å²) in [6.07, 6.45) is 3.78. The van der Waals surface area contributed by atoms with Crippen LogP contribution in [0.4, 0.5) is 37.6 Å². The molecular formula is C40H49ClF2N10O5. The van der Waals surface area contributed by atoms with E-state index in [1.807, 2.05) is 23.2 Å². The number of benzene rings is 2. The summed E-state index contributed by atoms with van der Waals surface area (Å²) in [5.74, 6) is -4.69. The van der Waals surface area contributed by atoms with Gasteiger partial charge < -0.3 is 24.8 Å². The van der Waals surface area contributed by atoms with Crippen LogP contribution in [0.1, 0.15) is 61.4 Å². The first-order chi connectivity index (χ1) is 27.7. The van der Waals surface area contributed by atoms with Gasteiger partial charge in [0.2, 0.25) is 17.8 Å². The highest BCUT2D eigenvalue weighted by atomic mass is 35.5. The second-order valence-electron chi connectivity index (χ2n) is 15.7. The zero-order valence-electron chi connectivity index (χ0n) is 33.1. The number of hydrogen-bond acceptors (Lipinski definition) is 12. The highest BCUT2D eigenvalue weighted by Crippen LogP contribution is 2.38. The van der Waals surface area contributed by atoms with E-state index in [4.69, 9.17) is 16.3 Å². The summed E-state index contributed by atoms with van der Waals surface area (Å²) in [6.45, 7) is 8.61. The molecule has 4 aliphatic heterocycles. The summed E-state index contributed by atoms with van der Waals surface area (Å²) < 4.78 is 35.1. The van der Waals surface area contributed by atoms with Crippen LogP contribution < -0.4 is 35.5 Å². The number of rotatable bonds is 10. The Morgan fingerprint density at radius 1 is 1.00 bits per heavy atom.